The van der Waals surface area contributed by atoms with Gasteiger partial charge in [0.1, 0.15) is 0 Å². The molecule has 1 saturated carbocycles. The molecule has 0 aromatic carbocycles. The molecule has 0 unspecified atom stereocenters. The van der Waals surface area contributed by atoms with Crippen molar-refractivity contribution < 1.29 is 4.43 Å². The molecule has 0 amide bonds. The van der Waals surface area contributed by atoms with Gasteiger partial charge < -0.3 is 4.43 Å². The minimum absolute atomic E-state index is 0.631. The van der Waals surface area contributed by atoms with E-state index in [1.165, 1.54) is 43.8 Å². The quantitative estimate of drug-likeness (QED) is 0.611. The summed E-state index contributed by atoms with van der Waals surface area (Å²) in [6, 6.07) is 3.91. The van der Waals surface area contributed by atoms with Crippen molar-refractivity contribution in [2.45, 2.75) is 70.7 Å². The van der Waals surface area contributed by atoms with Crippen molar-refractivity contribution in [3.8, 4) is 0 Å². The van der Waals surface area contributed by atoms with Gasteiger partial charge in [-0.15, -0.1) is 0 Å². The topological polar surface area (TPSA) is 9.23 Å². The van der Waals surface area contributed by atoms with Crippen LogP contribution < -0.4 is 0 Å². The van der Waals surface area contributed by atoms with Gasteiger partial charge in [-0.2, -0.15) is 0 Å². The Kier molecular flexibility index (Phi) is 4.46. The van der Waals surface area contributed by atoms with E-state index in [1.807, 2.05) is 0 Å². The molecule has 0 aromatic rings. The van der Waals surface area contributed by atoms with Gasteiger partial charge in [-0.05, 0) is 31.0 Å². The van der Waals surface area contributed by atoms with Crippen LogP contribution >= 0.6 is 0 Å². The monoisotopic (exact) mass is 200 g/mol. The summed E-state index contributed by atoms with van der Waals surface area (Å²) in [5.74, 6) is 0. The standard InChI is InChI=1S/C11H24OSi/c1-4-13(5-2,6-3)12-11-9-7-8-10-11/h11H,4-10H2,1-3H3. The zero-order chi connectivity index (χ0) is 9.73. The van der Waals surface area contributed by atoms with Crippen molar-refractivity contribution >= 4 is 8.32 Å². The molecule has 0 spiro atoms. The van der Waals surface area contributed by atoms with E-state index in [0.29, 0.717) is 6.10 Å². The van der Waals surface area contributed by atoms with Gasteiger partial charge in [-0.3, -0.25) is 0 Å². The second-order valence-corrected chi connectivity index (χ2v) is 8.99. The second-order valence-electron chi connectivity index (χ2n) is 4.27. The first kappa shape index (κ1) is 11.3. The Bertz CT molecular complexity index is 129. The van der Waals surface area contributed by atoms with Gasteiger partial charge in [0.2, 0.25) is 0 Å². The van der Waals surface area contributed by atoms with E-state index in [2.05, 4.69) is 20.8 Å². The summed E-state index contributed by atoms with van der Waals surface area (Å²) in [5, 5.41) is 0. The van der Waals surface area contributed by atoms with Gasteiger partial charge in [0.25, 0.3) is 0 Å². The Morgan fingerprint density at radius 1 is 1.00 bits per heavy atom. The fraction of sp³-hybridized carbons (Fsp3) is 1.00. The average molecular weight is 200 g/mol. The lowest BCUT2D eigenvalue weighted by molar-refractivity contribution is 0.194. The molecule has 1 fully saturated rings. The molecular formula is C11H24OSi. The average Bonchev–Trinajstić information content (AvgIpc) is 2.67. The molecule has 0 aromatic heterocycles. The maximum atomic E-state index is 6.39. The van der Waals surface area contributed by atoms with Crippen LogP contribution in [0.25, 0.3) is 0 Å². The van der Waals surface area contributed by atoms with Gasteiger partial charge in [-0.1, -0.05) is 33.6 Å². The first-order valence-electron chi connectivity index (χ1n) is 5.94. The third-order valence-corrected chi connectivity index (χ3v) is 8.35. The predicted octanol–water partition coefficient (Wildman–Crippen LogP) is 3.95. The minimum atomic E-state index is -1.28. The Morgan fingerprint density at radius 3 is 1.85 bits per heavy atom. The second kappa shape index (κ2) is 5.16. The first-order valence-corrected chi connectivity index (χ1v) is 8.47. The van der Waals surface area contributed by atoms with Gasteiger partial charge in [0, 0.05) is 6.10 Å². The van der Waals surface area contributed by atoms with E-state index in [1.54, 1.807) is 0 Å². The summed E-state index contributed by atoms with van der Waals surface area (Å²) < 4.78 is 6.39. The van der Waals surface area contributed by atoms with E-state index < -0.39 is 8.32 Å². The summed E-state index contributed by atoms with van der Waals surface area (Å²) >= 11 is 0. The summed E-state index contributed by atoms with van der Waals surface area (Å²) in [6.45, 7) is 6.94. The molecule has 0 radical (unpaired) electrons. The highest BCUT2D eigenvalue weighted by Crippen LogP contribution is 2.29. The van der Waals surface area contributed by atoms with Crippen LogP contribution in [-0.4, -0.2) is 14.4 Å². The Hall–Kier alpha value is 0.177. The zero-order valence-electron chi connectivity index (χ0n) is 9.44. The largest absolute Gasteiger partial charge is 0.414 e. The van der Waals surface area contributed by atoms with Gasteiger partial charge >= 0.3 is 0 Å². The molecule has 1 rings (SSSR count). The first-order chi connectivity index (χ1) is 6.26. The third kappa shape index (κ3) is 2.81. The minimum Gasteiger partial charge on any atom is -0.414 e. The van der Waals surface area contributed by atoms with Crippen LogP contribution in [0.5, 0.6) is 0 Å². The van der Waals surface area contributed by atoms with E-state index in [9.17, 15) is 0 Å². The van der Waals surface area contributed by atoms with Crippen LogP contribution in [0.15, 0.2) is 0 Å². The van der Waals surface area contributed by atoms with Crippen LogP contribution in [0.1, 0.15) is 46.5 Å². The summed E-state index contributed by atoms with van der Waals surface area (Å²) in [4.78, 5) is 0. The molecule has 0 atom stereocenters. The lowest BCUT2D eigenvalue weighted by Gasteiger charge is -2.31. The van der Waals surface area contributed by atoms with Gasteiger partial charge in [0.15, 0.2) is 8.32 Å². The molecule has 0 N–H and O–H groups in total. The molecule has 0 bridgehead atoms. The number of hydrogen-bond donors (Lipinski definition) is 0. The van der Waals surface area contributed by atoms with Gasteiger partial charge in [0.05, 0.1) is 0 Å². The molecule has 1 aliphatic rings. The van der Waals surface area contributed by atoms with E-state index in [0.717, 1.165) is 0 Å². The van der Waals surface area contributed by atoms with Crippen molar-refractivity contribution in [2.24, 2.45) is 0 Å². The van der Waals surface area contributed by atoms with Crippen molar-refractivity contribution in [2.75, 3.05) is 0 Å². The summed E-state index contributed by atoms with van der Waals surface area (Å²) in [7, 11) is -1.28. The third-order valence-electron chi connectivity index (χ3n) is 3.65. The van der Waals surface area contributed by atoms with Gasteiger partial charge in [-0.25, -0.2) is 0 Å². The maximum Gasteiger partial charge on any atom is 0.192 e. The van der Waals surface area contributed by atoms with E-state index >= 15 is 0 Å². The molecule has 1 nitrogen and oxygen atoms in total. The lowest BCUT2D eigenvalue weighted by Crippen LogP contribution is -2.39. The summed E-state index contributed by atoms with van der Waals surface area (Å²) in [6.07, 6.45) is 6.08. The number of hydrogen-bond acceptors (Lipinski definition) is 1. The Morgan fingerprint density at radius 2 is 1.46 bits per heavy atom. The number of rotatable bonds is 5. The van der Waals surface area contributed by atoms with Crippen LogP contribution in [0.3, 0.4) is 0 Å². The highest BCUT2D eigenvalue weighted by Gasteiger charge is 2.32. The molecule has 1 aliphatic carbocycles. The Balaban J connectivity index is 2.44. The SMILES string of the molecule is CC[Si](CC)(CC)OC1CCCC1. The molecule has 2 heteroatoms. The fourth-order valence-electron chi connectivity index (χ4n) is 2.36. The predicted molar refractivity (Wildman–Crippen MR) is 60.5 cm³/mol. The summed E-state index contributed by atoms with van der Waals surface area (Å²) in [5.41, 5.74) is 0. The van der Waals surface area contributed by atoms with Crippen LogP contribution in [0.4, 0.5) is 0 Å². The van der Waals surface area contributed by atoms with Crippen molar-refractivity contribution in [1.82, 2.24) is 0 Å². The Labute approximate surface area is 84.0 Å². The highest BCUT2D eigenvalue weighted by atomic mass is 28.4. The molecule has 0 heterocycles. The molecular weight excluding hydrogens is 176 g/mol. The van der Waals surface area contributed by atoms with Crippen LogP contribution in [-0.2, 0) is 4.43 Å². The van der Waals surface area contributed by atoms with Crippen LogP contribution in [0.2, 0.25) is 18.1 Å². The molecule has 0 saturated heterocycles. The molecule has 0 aliphatic heterocycles. The fourth-order valence-corrected chi connectivity index (χ4v) is 5.30. The normalized spacial score (nSPS) is 19.6. The maximum absolute atomic E-state index is 6.39. The van der Waals surface area contributed by atoms with E-state index in [4.69, 9.17) is 4.43 Å². The molecule has 78 valence electrons. The van der Waals surface area contributed by atoms with Crippen LogP contribution in [0, 0.1) is 0 Å². The van der Waals surface area contributed by atoms with Crippen molar-refractivity contribution in [3.05, 3.63) is 0 Å². The smallest absolute Gasteiger partial charge is 0.192 e. The lowest BCUT2D eigenvalue weighted by atomic mass is 10.3. The van der Waals surface area contributed by atoms with E-state index in [-0.39, 0.29) is 0 Å². The highest BCUT2D eigenvalue weighted by molar-refractivity contribution is 6.73. The van der Waals surface area contributed by atoms with Crippen molar-refractivity contribution in [3.63, 3.8) is 0 Å². The zero-order valence-corrected chi connectivity index (χ0v) is 10.4. The molecule has 13 heavy (non-hydrogen) atoms. The van der Waals surface area contributed by atoms with Crippen molar-refractivity contribution in [1.29, 1.82) is 0 Å².